The quantitative estimate of drug-likeness (QED) is 0.675. The van der Waals surface area contributed by atoms with Crippen molar-refractivity contribution in [3.63, 3.8) is 0 Å². The third kappa shape index (κ3) is 5.19. The number of carbonyl (C=O) groups is 1. The van der Waals surface area contributed by atoms with Crippen LogP contribution in [0.5, 0.6) is 0 Å². The molecule has 1 aromatic carbocycles. The van der Waals surface area contributed by atoms with E-state index in [-0.39, 0.29) is 16.6 Å². The number of benzene rings is 1. The Hall–Kier alpha value is -2.52. The van der Waals surface area contributed by atoms with Gasteiger partial charge in [-0.15, -0.1) is 0 Å². The van der Waals surface area contributed by atoms with Crippen LogP contribution < -0.4 is 10.5 Å². The lowest BCUT2D eigenvalue weighted by Gasteiger charge is -2.39. The molecule has 4 rings (SSSR count). The molecule has 178 valence electrons. The molecule has 0 N–H and O–H groups in total. The van der Waals surface area contributed by atoms with E-state index in [4.69, 9.17) is 11.6 Å². The van der Waals surface area contributed by atoms with Crippen LogP contribution in [0.3, 0.4) is 0 Å². The number of rotatable bonds is 4. The summed E-state index contributed by atoms with van der Waals surface area (Å²) < 4.78 is 28.1. The van der Waals surface area contributed by atoms with Crippen LogP contribution in [0.2, 0.25) is 5.02 Å². The molecule has 3 heterocycles. The Morgan fingerprint density at radius 3 is 2.39 bits per heavy atom. The van der Waals surface area contributed by atoms with Crippen molar-refractivity contribution in [1.82, 2.24) is 19.6 Å². The molecule has 2 aliphatic rings. The van der Waals surface area contributed by atoms with Crippen molar-refractivity contribution >= 4 is 23.2 Å². The molecule has 2 aromatic rings. The van der Waals surface area contributed by atoms with Gasteiger partial charge in [-0.05, 0) is 30.4 Å². The first kappa shape index (κ1) is 23.6. The van der Waals surface area contributed by atoms with E-state index in [2.05, 4.69) is 23.8 Å². The van der Waals surface area contributed by atoms with Crippen LogP contribution in [-0.2, 0) is 4.79 Å². The molecule has 2 fully saturated rings. The highest BCUT2D eigenvalue weighted by Gasteiger charge is 2.28. The van der Waals surface area contributed by atoms with Gasteiger partial charge in [-0.25, -0.2) is 8.78 Å². The highest BCUT2D eigenvalue weighted by molar-refractivity contribution is 6.33. The molecule has 0 aliphatic carbocycles. The SMILES string of the molecule is CC1CC(C)CN(C(=O)CN2CCN(c3cnn(-c4ccc(F)cc4F)c(=O)c3Cl)CC2)C1. The second-order valence-electron chi connectivity index (χ2n) is 9.16. The number of hydrogen-bond acceptors (Lipinski definition) is 5. The lowest BCUT2D eigenvalue weighted by molar-refractivity contribution is -0.135. The minimum atomic E-state index is -0.899. The zero-order valence-corrected chi connectivity index (χ0v) is 19.6. The van der Waals surface area contributed by atoms with Gasteiger partial charge in [0, 0.05) is 45.3 Å². The van der Waals surface area contributed by atoms with Gasteiger partial charge in [0.15, 0.2) is 5.82 Å². The van der Waals surface area contributed by atoms with E-state index in [0.29, 0.717) is 56.3 Å². The van der Waals surface area contributed by atoms with Crippen LogP contribution in [0.1, 0.15) is 20.3 Å². The Morgan fingerprint density at radius 1 is 1.09 bits per heavy atom. The average Bonchev–Trinajstić information content (AvgIpc) is 2.76. The predicted molar refractivity (Wildman–Crippen MR) is 123 cm³/mol. The van der Waals surface area contributed by atoms with E-state index in [9.17, 15) is 18.4 Å². The summed E-state index contributed by atoms with van der Waals surface area (Å²) in [5.74, 6) is -0.438. The molecule has 0 saturated carbocycles. The number of amides is 1. The van der Waals surface area contributed by atoms with Crippen molar-refractivity contribution < 1.29 is 13.6 Å². The molecule has 1 aromatic heterocycles. The van der Waals surface area contributed by atoms with Gasteiger partial charge >= 0.3 is 0 Å². The van der Waals surface area contributed by atoms with Gasteiger partial charge in [-0.2, -0.15) is 9.78 Å². The molecule has 33 heavy (non-hydrogen) atoms. The van der Waals surface area contributed by atoms with Gasteiger partial charge in [0.1, 0.15) is 16.5 Å². The van der Waals surface area contributed by atoms with Crippen LogP contribution in [0, 0.1) is 23.5 Å². The second-order valence-corrected chi connectivity index (χ2v) is 9.54. The monoisotopic (exact) mass is 479 g/mol. The van der Waals surface area contributed by atoms with E-state index in [0.717, 1.165) is 36.3 Å². The minimum absolute atomic E-state index is 0.0745. The Kier molecular flexibility index (Phi) is 6.99. The first-order chi connectivity index (χ1) is 15.7. The molecule has 0 bridgehead atoms. The highest BCUT2D eigenvalue weighted by Crippen LogP contribution is 2.24. The fraction of sp³-hybridized carbons (Fsp3) is 0.522. The molecule has 2 atom stereocenters. The number of likely N-dealkylation sites (tertiary alicyclic amines) is 1. The van der Waals surface area contributed by atoms with Crippen molar-refractivity contribution in [2.75, 3.05) is 50.7 Å². The predicted octanol–water partition coefficient (Wildman–Crippen LogP) is 2.79. The number of piperazine rings is 1. The number of hydrogen-bond donors (Lipinski definition) is 0. The number of halogens is 3. The van der Waals surface area contributed by atoms with Crippen LogP contribution in [-0.4, -0.2) is 71.3 Å². The van der Waals surface area contributed by atoms with E-state index in [1.807, 2.05) is 9.80 Å². The summed E-state index contributed by atoms with van der Waals surface area (Å²) in [6.07, 6.45) is 2.58. The third-order valence-electron chi connectivity index (χ3n) is 6.33. The van der Waals surface area contributed by atoms with Gasteiger partial charge < -0.3 is 9.80 Å². The van der Waals surface area contributed by atoms with Crippen molar-refractivity contribution in [2.45, 2.75) is 20.3 Å². The van der Waals surface area contributed by atoms with Gasteiger partial charge in [-0.3, -0.25) is 14.5 Å². The maximum atomic E-state index is 14.1. The summed E-state index contributed by atoms with van der Waals surface area (Å²) in [7, 11) is 0. The summed E-state index contributed by atoms with van der Waals surface area (Å²) in [6, 6.07) is 2.89. The zero-order chi connectivity index (χ0) is 23.7. The van der Waals surface area contributed by atoms with Gasteiger partial charge in [-0.1, -0.05) is 25.4 Å². The number of nitrogens with zero attached hydrogens (tertiary/aromatic N) is 5. The molecule has 2 saturated heterocycles. The summed E-state index contributed by atoms with van der Waals surface area (Å²) in [5.41, 5.74) is -0.379. The van der Waals surface area contributed by atoms with Gasteiger partial charge in [0.2, 0.25) is 5.91 Å². The highest BCUT2D eigenvalue weighted by atomic mass is 35.5. The standard InChI is InChI=1S/C23H28ClF2N5O2/c1-15-9-16(2)13-30(12-15)21(32)14-28-5-7-29(8-6-28)20-11-27-31(23(33)22(20)24)19-4-3-17(25)10-18(19)26/h3-4,10-11,15-16H,5-9,12-14H2,1-2H3. The molecule has 0 spiro atoms. The van der Waals surface area contributed by atoms with Crippen molar-refractivity contribution in [3.05, 3.63) is 51.4 Å². The van der Waals surface area contributed by atoms with Gasteiger partial charge in [0.25, 0.3) is 5.56 Å². The molecular weight excluding hydrogens is 452 g/mol. The molecule has 2 aliphatic heterocycles. The van der Waals surface area contributed by atoms with Crippen molar-refractivity contribution in [2.24, 2.45) is 11.8 Å². The van der Waals surface area contributed by atoms with E-state index in [1.54, 1.807) is 0 Å². The van der Waals surface area contributed by atoms with Crippen LogP contribution in [0.15, 0.2) is 29.2 Å². The normalized spacial score (nSPS) is 22.0. The summed E-state index contributed by atoms with van der Waals surface area (Å²) in [5, 5.41) is 3.98. The maximum absolute atomic E-state index is 14.1. The Balaban J connectivity index is 1.40. The fourth-order valence-electron chi connectivity index (χ4n) is 4.77. The molecule has 7 nitrogen and oxygen atoms in total. The van der Waals surface area contributed by atoms with Crippen LogP contribution >= 0.6 is 11.6 Å². The first-order valence-corrected chi connectivity index (χ1v) is 11.6. The first-order valence-electron chi connectivity index (χ1n) is 11.2. The van der Waals surface area contributed by atoms with Crippen molar-refractivity contribution in [3.8, 4) is 5.69 Å². The second kappa shape index (κ2) is 9.77. The van der Waals surface area contributed by atoms with Crippen LogP contribution in [0.4, 0.5) is 14.5 Å². The molecule has 10 heteroatoms. The minimum Gasteiger partial charge on any atom is -0.366 e. The summed E-state index contributed by atoms with van der Waals surface area (Å²) in [6.45, 7) is 8.84. The lowest BCUT2D eigenvalue weighted by atomic mass is 9.92. The molecule has 2 unspecified atom stereocenters. The molecule has 1 amide bonds. The van der Waals surface area contributed by atoms with Gasteiger partial charge in [0.05, 0.1) is 18.4 Å². The van der Waals surface area contributed by atoms with Crippen LogP contribution in [0.25, 0.3) is 5.69 Å². The van der Waals surface area contributed by atoms with E-state index >= 15 is 0 Å². The number of carbonyl (C=O) groups excluding carboxylic acids is 1. The molecular formula is C23H28ClF2N5O2. The third-order valence-corrected chi connectivity index (χ3v) is 6.69. The Labute approximate surface area is 196 Å². The largest absolute Gasteiger partial charge is 0.366 e. The number of aromatic nitrogens is 2. The molecule has 0 radical (unpaired) electrons. The number of anilines is 1. The number of piperidine rings is 1. The Morgan fingerprint density at radius 2 is 1.76 bits per heavy atom. The average molecular weight is 480 g/mol. The maximum Gasteiger partial charge on any atom is 0.292 e. The summed E-state index contributed by atoms with van der Waals surface area (Å²) >= 11 is 6.33. The van der Waals surface area contributed by atoms with E-state index < -0.39 is 17.2 Å². The Bertz CT molecular complexity index is 1080. The van der Waals surface area contributed by atoms with E-state index in [1.165, 1.54) is 6.20 Å². The smallest absolute Gasteiger partial charge is 0.292 e. The summed E-state index contributed by atoms with van der Waals surface area (Å²) in [4.78, 5) is 31.5. The zero-order valence-electron chi connectivity index (χ0n) is 18.8. The fourth-order valence-corrected chi connectivity index (χ4v) is 5.02. The topological polar surface area (TPSA) is 61.7 Å². The van der Waals surface area contributed by atoms with Crippen molar-refractivity contribution in [1.29, 1.82) is 0 Å². The lowest BCUT2D eigenvalue weighted by Crippen LogP contribution is -2.52.